The minimum absolute atomic E-state index is 0.156. The molecule has 0 rings (SSSR count). The van der Waals surface area contributed by atoms with E-state index in [-0.39, 0.29) is 13.2 Å². The van der Waals surface area contributed by atoms with Crippen molar-refractivity contribution in [3.8, 4) is 0 Å². The number of carbonyl (C=O) groups is 2. The fourth-order valence-corrected chi connectivity index (χ4v) is 2.95. The van der Waals surface area contributed by atoms with Gasteiger partial charge in [-0.3, -0.25) is 14.7 Å². The fraction of sp³-hybridized carbons (Fsp3) is 0.833. The summed E-state index contributed by atoms with van der Waals surface area (Å²) in [7, 11) is -3.57. The van der Waals surface area contributed by atoms with Crippen LogP contribution in [0.4, 0.5) is 4.79 Å². The second kappa shape index (κ2) is 7.76. The van der Waals surface area contributed by atoms with E-state index in [1.807, 2.05) is 0 Å². The molecule has 0 saturated carbocycles. The van der Waals surface area contributed by atoms with Crippen molar-refractivity contribution >= 4 is 19.5 Å². The van der Waals surface area contributed by atoms with Gasteiger partial charge in [0.25, 0.3) is 0 Å². The molecular weight excluding hydrogens is 283 g/mol. The van der Waals surface area contributed by atoms with E-state index >= 15 is 0 Å². The van der Waals surface area contributed by atoms with Crippen molar-refractivity contribution in [2.24, 2.45) is 0 Å². The van der Waals surface area contributed by atoms with Crippen LogP contribution in [0.25, 0.3) is 0 Å². The predicted octanol–water partition coefficient (Wildman–Crippen LogP) is 2.27. The molecule has 0 bridgehead atoms. The first-order valence-corrected chi connectivity index (χ1v) is 8.18. The molecule has 7 nitrogen and oxygen atoms in total. The van der Waals surface area contributed by atoms with Crippen LogP contribution >= 0.6 is 7.60 Å². The molecule has 3 amide bonds. The highest BCUT2D eigenvalue weighted by Crippen LogP contribution is 2.52. The summed E-state index contributed by atoms with van der Waals surface area (Å²) in [5.74, 6) is -0.697. The van der Waals surface area contributed by atoms with Crippen molar-refractivity contribution in [2.45, 2.75) is 52.7 Å². The van der Waals surface area contributed by atoms with Crippen molar-refractivity contribution in [3.05, 3.63) is 0 Å². The summed E-state index contributed by atoms with van der Waals surface area (Å²) < 4.78 is 22.5. The Morgan fingerprint density at radius 1 is 1.15 bits per heavy atom. The van der Waals surface area contributed by atoms with Crippen LogP contribution in [-0.2, 0) is 18.4 Å². The second-order valence-electron chi connectivity index (χ2n) is 5.24. The molecule has 2 N–H and O–H groups in total. The van der Waals surface area contributed by atoms with Gasteiger partial charge >= 0.3 is 13.6 Å². The first kappa shape index (κ1) is 19.1. The lowest BCUT2D eigenvalue weighted by molar-refractivity contribution is -0.119. The van der Waals surface area contributed by atoms with Crippen LogP contribution in [-0.4, -0.2) is 36.3 Å². The predicted molar refractivity (Wildman–Crippen MR) is 76.7 cm³/mol. The van der Waals surface area contributed by atoms with Crippen LogP contribution in [0.2, 0.25) is 0 Å². The number of hydrogen-bond acceptors (Lipinski definition) is 5. The third-order valence-electron chi connectivity index (χ3n) is 2.20. The summed E-state index contributed by atoms with van der Waals surface area (Å²) in [6.45, 7) is 10.4. The summed E-state index contributed by atoms with van der Waals surface area (Å²) >= 11 is 0. The molecule has 1 unspecified atom stereocenters. The maximum atomic E-state index is 12.4. The van der Waals surface area contributed by atoms with E-state index in [1.165, 1.54) is 6.92 Å². The maximum Gasteiger partial charge on any atom is 0.342 e. The molecule has 0 aromatic rings. The molecule has 0 saturated heterocycles. The Balaban J connectivity index is 4.75. The highest BCUT2D eigenvalue weighted by Gasteiger charge is 2.38. The second-order valence-corrected chi connectivity index (χ2v) is 7.62. The molecule has 0 radical (unpaired) electrons. The van der Waals surface area contributed by atoms with Gasteiger partial charge in [-0.2, -0.15) is 0 Å². The standard InChI is InChI=1S/C12H25N2O5P/c1-7-18-20(17,19-8-2)9(3)10(15)13-11(16)14-12(4,5)6/h9H,7-8H2,1-6H3,(H2,13,14,15,16). The summed E-state index contributed by atoms with van der Waals surface area (Å²) in [6.07, 6.45) is 0. The quantitative estimate of drug-likeness (QED) is 0.734. The lowest BCUT2D eigenvalue weighted by Crippen LogP contribution is -2.50. The van der Waals surface area contributed by atoms with Gasteiger partial charge in [0.2, 0.25) is 5.91 Å². The van der Waals surface area contributed by atoms with Gasteiger partial charge in [0.15, 0.2) is 0 Å². The van der Waals surface area contributed by atoms with E-state index in [2.05, 4.69) is 10.6 Å². The molecule has 0 aromatic carbocycles. The SMILES string of the molecule is CCOP(=O)(OCC)C(C)C(=O)NC(=O)NC(C)(C)C. The van der Waals surface area contributed by atoms with E-state index in [9.17, 15) is 14.2 Å². The molecule has 0 spiro atoms. The lowest BCUT2D eigenvalue weighted by Gasteiger charge is -2.24. The van der Waals surface area contributed by atoms with Crippen LogP contribution < -0.4 is 10.6 Å². The molecule has 0 aliphatic carbocycles. The number of hydrogen-bond donors (Lipinski definition) is 2. The van der Waals surface area contributed by atoms with Gasteiger partial charge in [-0.15, -0.1) is 0 Å². The summed E-state index contributed by atoms with van der Waals surface area (Å²) in [6, 6.07) is -0.645. The Morgan fingerprint density at radius 3 is 1.95 bits per heavy atom. The number of urea groups is 1. The number of nitrogens with one attached hydrogen (secondary N) is 2. The summed E-state index contributed by atoms with van der Waals surface area (Å²) in [5, 5.41) is 4.72. The van der Waals surface area contributed by atoms with Crippen molar-refractivity contribution in [1.82, 2.24) is 10.6 Å². The van der Waals surface area contributed by atoms with Gasteiger partial charge in [-0.25, -0.2) is 4.79 Å². The van der Waals surface area contributed by atoms with E-state index in [0.29, 0.717) is 0 Å². The molecule has 20 heavy (non-hydrogen) atoms. The molecule has 1 atom stereocenters. The Hall–Kier alpha value is -0.910. The molecule has 0 fully saturated rings. The number of amides is 3. The van der Waals surface area contributed by atoms with Gasteiger partial charge in [0.1, 0.15) is 5.66 Å². The van der Waals surface area contributed by atoms with Gasteiger partial charge in [-0.05, 0) is 41.5 Å². The molecular formula is C12H25N2O5P. The minimum Gasteiger partial charge on any atom is -0.333 e. The van der Waals surface area contributed by atoms with E-state index < -0.39 is 30.7 Å². The van der Waals surface area contributed by atoms with Crippen LogP contribution in [0.15, 0.2) is 0 Å². The van der Waals surface area contributed by atoms with E-state index in [4.69, 9.17) is 9.05 Å². The lowest BCUT2D eigenvalue weighted by atomic mass is 10.1. The first-order valence-electron chi connectivity index (χ1n) is 6.57. The fourth-order valence-electron chi connectivity index (χ4n) is 1.35. The van der Waals surface area contributed by atoms with Crippen LogP contribution in [0.1, 0.15) is 41.5 Å². The number of rotatable bonds is 6. The van der Waals surface area contributed by atoms with Crippen LogP contribution in [0.3, 0.4) is 0 Å². The van der Waals surface area contributed by atoms with Crippen molar-refractivity contribution in [3.63, 3.8) is 0 Å². The topological polar surface area (TPSA) is 93.7 Å². The van der Waals surface area contributed by atoms with Gasteiger partial charge in [-0.1, -0.05) is 0 Å². The zero-order valence-electron chi connectivity index (χ0n) is 13.0. The highest BCUT2D eigenvalue weighted by molar-refractivity contribution is 7.55. The largest absolute Gasteiger partial charge is 0.342 e. The molecule has 0 aliphatic heterocycles. The maximum absolute atomic E-state index is 12.4. The Kier molecular flexibility index (Phi) is 7.41. The van der Waals surface area contributed by atoms with Gasteiger partial charge in [0, 0.05) is 5.54 Å². The zero-order valence-corrected chi connectivity index (χ0v) is 13.9. The number of imide groups is 1. The van der Waals surface area contributed by atoms with Crippen LogP contribution in [0, 0.1) is 0 Å². The Labute approximate surface area is 120 Å². The summed E-state index contributed by atoms with van der Waals surface area (Å²) in [5.41, 5.74) is -1.54. The van der Waals surface area contributed by atoms with Crippen molar-refractivity contribution < 1.29 is 23.2 Å². The smallest absolute Gasteiger partial charge is 0.333 e. The zero-order chi connectivity index (χ0) is 16.0. The third kappa shape index (κ3) is 6.50. The molecule has 118 valence electrons. The average Bonchev–Trinajstić information content (AvgIpc) is 2.25. The summed E-state index contributed by atoms with van der Waals surface area (Å²) in [4.78, 5) is 23.5. The van der Waals surface area contributed by atoms with Gasteiger partial charge < -0.3 is 14.4 Å². The molecule has 0 aliphatic rings. The van der Waals surface area contributed by atoms with E-state index in [0.717, 1.165) is 0 Å². The van der Waals surface area contributed by atoms with Crippen LogP contribution in [0.5, 0.6) is 0 Å². The van der Waals surface area contributed by atoms with Crippen molar-refractivity contribution in [2.75, 3.05) is 13.2 Å². The normalized spacial score (nSPS) is 13.7. The van der Waals surface area contributed by atoms with Crippen molar-refractivity contribution in [1.29, 1.82) is 0 Å². The Morgan fingerprint density at radius 2 is 1.60 bits per heavy atom. The molecule has 0 heterocycles. The monoisotopic (exact) mass is 308 g/mol. The first-order chi connectivity index (χ1) is 9.05. The number of carbonyl (C=O) groups excluding carboxylic acids is 2. The molecule has 8 heteroatoms. The minimum atomic E-state index is -3.57. The van der Waals surface area contributed by atoms with Gasteiger partial charge in [0.05, 0.1) is 13.2 Å². The Bertz CT molecular complexity index is 382. The third-order valence-corrected chi connectivity index (χ3v) is 4.62. The average molecular weight is 308 g/mol. The highest BCUT2D eigenvalue weighted by atomic mass is 31.2. The molecule has 0 aromatic heterocycles. The van der Waals surface area contributed by atoms with E-state index in [1.54, 1.807) is 34.6 Å².